The molecule has 0 nitrogen and oxygen atoms in total. The second-order valence-electron chi connectivity index (χ2n) is 2.16. The molecule has 0 aromatic rings. The van der Waals surface area contributed by atoms with E-state index < -0.39 is 0 Å². The number of rotatable bonds is 6. The van der Waals surface area contributed by atoms with Crippen molar-refractivity contribution in [1.29, 1.82) is 0 Å². The minimum atomic E-state index is 0.949. The molecule has 0 aliphatic rings. The maximum atomic E-state index is 4.83. The van der Waals surface area contributed by atoms with E-state index in [2.05, 4.69) is 22.6 Å². The predicted molar refractivity (Wildman–Crippen MR) is 54.4 cm³/mol. The van der Waals surface area contributed by atoms with E-state index in [1.807, 2.05) is 0 Å². The molecule has 1 radical (unpaired) electrons. The predicted octanol–water partition coefficient (Wildman–Crippen LogP) is 3.57. The van der Waals surface area contributed by atoms with Gasteiger partial charge in [-0.3, -0.25) is 0 Å². The first-order chi connectivity index (χ1) is 4.41. The number of halogens is 1. The Kier molecular flexibility index (Phi) is 10.2. The van der Waals surface area contributed by atoms with Crippen LogP contribution in [0.1, 0.15) is 32.1 Å². The van der Waals surface area contributed by atoms with Gasteiger partial charge in [0.25, 0.3) is 0 Å². The molecule has 0 bridgehead atoms. The second kappa shape index (κ2) is 9.08. The number of unbranched alkanes of at least 4 members (excludes halogenated alkanes) is 4. The topological polar surface area (TPSA) is 0 Å². The molecular weight excluding hydrogens is 243 g/mol. The second-order valence-corrected chi connectivity index (χ2v) is 3.65. The van der Waals surface area contributed by atoms with Gasteiger partial charge in [-0.1, -0.05) is 54.5 Å². The van der Waals surface area contributed by atoms with Crippen molar-refractivity contribution in [3.8, 4) is 0 Å². The van der Waals surface area contributed by atoms with E-state index in [4.69, 9.17) is 12.6 Å². The van der Waals surface area contributed by atoms with Gasteiger partial charge in [0.05, 0.1) is 0 Å². The summed E-state index contributed by atoms with van der Waals surface area (Å²) < 4.78 is 1.31. The lowest BCUT2D eigenvalue weighted by atomic mass is 10.2. The van der Waals surface area contributed by atoms with Crippen molar-refractivity contribution in [3.05, 3.63) is 0 Å². The number of hydrogen-bond acceptors (Lipinski definition) is 0. The van der Waals surface area contributed by atoms with Crippen LogP contribution in [0.4, 0.5) is 0 Å². The molecule has 0 N–H and O–H groups in total. The summed E-state index contributed by atoms with van der Waals surface area (Å²) in [6, 6.07) is 0. The van der Waals surface area contributed by atoms with Crippen LogP contribution in [0.25, 0.3) is 0 Å². The summed E-state index contributed by atoms with van der Waals surface area (Å²) in [7, 11) is 0. The fraction of sp³-hybridized carbons (Fsp3) is 1.00. The van der Waals surface area contributed by atoms with Gasteiger partial charge in [-0.2, -0.15) is 0 Å². The van der Waals surface area contributed by atoms with Crippen LogP contribution >= 0.6 is 35.2 Å². The summed E-state index contributed by atoms with van der Waals surface area (Å²) in [6.45, 7) is 0. The Morgan fingerprint density at radius 3 is 2.00 bits per heavy atom. The van der Waals surface area contributed by atoms with Crippen LogP contribution in [-0.4, -0.2) is 10.2 Å². The fourth-order valence-electron chi connectivity index (χ4n) is 0.727. The summed E-state index contributed by atoms with van der Waals surface area (Å²) in [4.78, 5) is 0. The molecule has 9 heavy (non-hydrogen) atoms. The lowest BCUT2D eigenvalue weighted by Crippen LogP contribution is -1.79. The molecule has 0 aliphatic carbocycles. The average Bonchev–Trinajstić information content (AvgIpc) is 1.89. The lowest BCUT2D eigenvalue weighted by molar-refractivity contribution is 0.666. The average molecular weight is 257 g/mol. The van der Waals surface area contributed by atoms with Crippen molar-refractivity contribution in [2.45, 2.75) is 32.1 Å². The standard InChI is InChI=1S/C7H14IS/c8-6-4-2-1-3-5-7-9/h1-7H2. The molecule has 0 aromatic heterocycles. The van der Waals surface area contributed by atoms with Crippen LogP contribution in [-0.2, 0) is 0 Å². The molecule has 2 heteroatoms. The third-order valence-electron chi connectivity index (χ3n) is 1.28. The Morgan fingerprint density at radius 1 is 0.889 bits per heavy atom. The van der Waals surface area contributed by atoms with E-state index in [1.54, 1.807) is 0 Å². The summed E-state index contributed by atoms with van der Waals surface area (Å²) in [5.41, 5.74) is 0. The minimum Gasteiger partial charge on any atom is -0.0942 e. The first kappa shape index (κ1) is 10.1. The molecule has 0 rings (SSSR count). The van der Waals surface area contributed by atoms with E-state index in [-0.39, 0.29) is 0 Å². The van der Waals surface area contributed by atoms with Crippen LogP contribution in [0.15, 0.2) is 0 Å². The summed E-state index contributed by atoms with van der Waals surface area (Å²) >= 11 is 7.26. The highest BCUT2D eigenvalue weighted by Gasteiger charge is 1.86. The van der Waals surface area contributed by atoms with E-state index in [9.17, 15) is 0 Å². The Balaban J connectivity index is 2.60. The largest absolute Gasteiger partial charge is 0.0942 e. The van der Waals surface area contributed by atoms with Crippen molar-refractivity contribution in [1.82, 2.24) is 0 Å². The molecule has 55 valence electrons. The van der Waals surface area contributed by atoms with Gasteiger partial charge in [0.1, 0.15) is 0 Å². The summed E-state index contributed by atoms with van der Waals surface area (Å²) in [5.74, 6) is 0.949. The highest BCUT2D eigenvalue weighted by Crippen LogP contribution is 2.04. The van der Waals surface area contributed by atoms with E-state index >= 15 is 0 Å². The van der Waals surface area contributed by atoms with Crippen LogP contribution < -0.4 is 0 Å². The minimum absolute atomic E-state index is 0.949. The first-order valence-corrected chi connectivity index (χ1v) is 5.66. The smallest absolute Gasteiger partial charge is 0.00369 e. The maximum Gasteiger partial charge on any atom is 0.00369 e. The first-order valence-electron chi connectivity index (χ1n) is 3.56. The molecule has 0 fully saturated rings. The summed E-state index contributed by atoms with van der Waals surface area (Å²) in [5, 5.41) is 0. The van der Waals surface area contributed by atoms with Gasteiger partial charge in [0, 0.05) is 5.75 Å². The Bertz CT molecular complexity index is 42.2. The quantitative estimate of drug-likeness (QED) is 0.387. The van der Waals surface area contributed by atoms with Crippen molar-refractivity contribution in [2.24, 2.45) is 0 Å². The molecule has 0 unspecified atom stereocenters. The van der Waals surface area contributed by atoms with Gasteiger partial charge in [-0.25, -0.2) is 0 Å². The van der Waals surface area contributed by atoms with E-state index in [0.717, 1.165) is 5.75 Å². The van der Waals surface area contributed by atoms with E-state index in [0.29, 0.717) is 0 Å². The molecule has 0 saturated carbocycles. The number of hydrogen-bond donors (Lipinski definition) is 0. The molecule has 0 spiro atoms. The number of alkyl halides is 1. The molecule has 0 heterocycles. The maximum absolute atomic E-state index is 4.83. The molecule has 0 amide bonds. The highest BCUT2D eigenvalue weighted by atomic mass is 127. The normalized spacial score (nSPS) is 10.0. The third kappa shape index (κ3) is 9.08. The van der Waals surface area contributed by atoms with Gasteiger partial charge in [-0.15, -0.1) is 0 Å². The lowest BCUT2D eigenvalue weighted by Gasteiger charge is -1.95. The monoisotopic (exact) mass is 257 g/mol. The van der Waals surface area contributed by atoms with Crippen LogP contribution in [0.5, 0.6) is 0 Å². The molecule has 0 aliphatic heterocycles. The zero-order valence-electron chi connectivity index (χ0n) is 5.74. The van der Waals surface area contributed by atoms with Gasteiger partial charge >= 0.3 is 0 Å². The molecule has 0 aromatic carbocycles. The Labute approximate surface area is 77.3 Å². The zero-order chi connectivity index (χ0) is 6.95. The molecular formula is C7H14IS. The third-order valence-corrected chi connectivity index (χ3v) is 2.33. The van der Waals surface area contributed by atoms with E-state index in [1.165, 1.54) is 36.5 Å². The molecule has 0 saturated heterocycles. The van der Waals surface area contributed by atoms with Crippen molar-refractivity contribution < 1.29 is 0 Å². The van der Waals surface area contributed by atoms with Crippen LogP contribution in [0.3, 0.4) is 0 Å². The molecule has 0 atom stereocenters. The van der Waals surface area contributed by atoms with Gasteiger partial charge < -0.3 is 0 Å². The van der Waals surface area contributed by atoms with Crippen molar-refractivity contribution in [2.75, 3.05) is 10.2 Å². The Hall–Kier alpha value is 1.08. The summed E-state index contributed by atoms with van der Waals surface area (Å²) in [6.07, 6.45) is 6.77. The van der Waals surface area contributed by atoms with Gasteiger partial charge in [0.15, 0.2) is 0 Å². The van der Waals surface area contributed by atoms with Crippen molar-refractivity contribution >= 4 is 35.2 Å². The Morgan fingerprint density at radius 2 is 1.44 bits per heavy atom. The SMILES string of the molecule is [S]CCCCCCCI. The van der Waals surface area contributed by atoms with Crippen LogP contribution in [0.2, 0.25) is 0 Å². The van der Waals surface area contributed by atoms with Crippen LogP contribution in [0, 0.1) is 0 Å². The fourth-order valence-corrected chi connectivity index (χ4v) is 1.47. The van der Waals surface area contributed by atoms with Gasteiger partial charge in [-0.05, 0) is 17.3 Å². The van der Waals surface area contributed by atoms with Crippen molar-refractivity contribution in [3.63, 3.8) is 0 Å². The highest BCUT2D eigenvalue weighted by molar-refractivity contribution is 14.1. The van der Waals surface area contributed by atoms with Gasteiger partial charge in [0.2, 0.25) is 0 Å². The zero-order valence-corrected chi connectivity index (χ0v) is 8.71.